The number of aromatic nitrogens is 2. The molecule has 0 saturated carbocycles. The van der Waals surface area contributed by atoms with Crippen LogP contribution in [0.4, 0.5) is 17.5 Å². The van der Waals surface area contributed by atoms with Crippen LogP contribution < -0.4 is 10.2 Å². The van der Waals surface area contributed by atoms with Crippen molar-refractivity contribution in [2.45, 2.75) is 0 Å². The lowest BCUT2D eigenvalue weighted by molar-refractivity contribution is 1.06. The van der Waals surface area contributed by atoms with E-state index < -0.39 is 0 Å². The minimum atomic E-state index is 0.486. The molecule has 4 nitrogen and oxygen atoms in total. The summed E-state index contributed by atoms with van der Waals surface area (Å²) in [5, 5.41) is 5.17. The van der Waals surface area contributed by atoms with Crippen molar-refractivity contribution in [2.24, 2.45) is 0 Å². The third-order valence-corrected chi connectivity index (χ3v) is 3.92. The molecule has 0 bridgehead atoms. The third kappa shape index (κ3) is 2.93. The van der Waals surface area contributed by atoms with Gasteiger partial charge in [-0.05, 0) is 30.3 Å². The molecule has 0 atom stereocenters. The molecule has 6 heteroatoms. The quantitative estimate of drug-likeness (QED) is 0.751. The fourth-order valence-corrected chi connectivity index (χ4v) is 2.46. The van der Waals surface area contributed by atoms with Gasteiger partial charge in [-0.3, -0.25) is 0 Å². The Bertz CT molecular complexity index is 833. The lowest BCUT2D eigenvalue weighted by Crippen LogP contribution is -2.13. The van der Waals surface area contributed by atoms with E-state index in [4.69, 9.17) is 23.2 Å². The highest BCUT2D eigenvalue weighted by atomic mass is 35.5. The number of anilines is 3. The van der Waals surface area contributed by atoms with Gasteiger partial charge in [-0.2, -0.15) is 4.98 Å². The number of benzene rings is 2. The molecule has 0 aliphatic rings. The van der Waals surface area contributed by atoms with Crippen LogP contribution in [0.25, 0.3) is 10.9 Å². The van der Waals surface area contributed by atoms with Gasteiger partial charge in [0.05, 0.1) is 15.6 Å². The molecule has 0 unspecified atom stereocenters. The van der Waals surface area contributed by atoms with Crippen molar-refractivity contribution < 1.29 is 0 Å². The molecule has 0 aliphatic heterocycles. The summed E-state index contributed by atoms with van der Waals surface area (Å²) in [5.41, 5.74) is 1.66. The number of para-hydroxylation sites is 1. The van der Waals surface area contributed by atoms with Gasteiger partial charge in [0.1, 0.15) is 5.82 Å². The Kier molecular flexibility index (Phi) is 4.05. The average Bonchev–Trinajstić information content (AvgIpc) is 2.50. The van der Waals surface area contributed by atoms with E-state index in [1.165, 1.54) is 0 Å². The summed E-state index contributed by atoms with van der Waals surface area (Å²) in [6.07, 6.45) is 0. The van der Waals surface area contributed by atoms with Crippen molar-refractivity contribution in [1.82, 2.24) is 9.97 Å². The summed E-state index contributed by atoms with van der Waals surface area (Å²) in [6.45, 7) is 0. The van der Waals surface area contributed by atoms with Crippen molar-refractivity contribution >= 4 is 51.6 Å². The molecule has 0 saturated heterocycles. The molecular formula is C16H14Cl2N4. The number of rotatable bonds is 3. The van der Waals surface area contributed by atoms with Crippen molar-refractivity contribution in [2.75, 3.05) is 24.3 Å². The highest BCUT2D eigenvalue weighted by Crippen LogP contribution is 2.28. The van der Waals surface area contributed by atoms with Crippen LogP contribution in [0, 0.1) is 0 Å². The number of nitrogens with one attached hydrogen (secondary N) is 1. The Morgan fingerprint density at radius 2 is 1.73 bits per heavy atom. The number of hydrogen-bond acceptors (Lipinski definition) is 4. The Balaban J connectivity index is 2.05. The zero-order valence-corrected chi connectivity index (χ0v) is 13.7. The topological polar surface area (TPSA) is 41.1 Å². The van der Waals surface area contributed by atoms with E-state index in [9.17, 15) is 0 Å². The minimum absolute atomic E-state index is 0.486. The second-order valence-electron chi connectivity index (χ2n) is 5.04. The predicted octanol–water partition coefficient (Wildman–Crippen LogP) is 4.75. The first-order chi connectivity index (χ1) is 10.5. The predicted molar refractivity (Wildman–Crippen MR) is 93.6 cm³/mol. The molecule has 22 heavy (non-hydrogen) atoms. The highest BCUT2D eigenvalue weighted by Gasteiger charge is 2.09. The molecule has 1 heterocycles. The Morgan fingerprint density at radius 1 is 0.955 bits per heavy atom. The zero-order chi connectivity index (χ0) is 15.7. The maximum absolute atomic E-state index is 6.04. The van der Waals surface area contributed by atoms with Crippen LogP contribution in [0.5, 0.6) is 0 Å². The van der Waals surface area contributed by atoms with Crippen LogP contribution in [-0.4, -0.2) is 24.1 Å². The molecule has 0 fully saturated rings. The Labute approximate surface area is 138 Å². The van der Waals surface area contributed by atoms with E-state index in [0.29, 0.717) is 16.0 Å². The van der Waals surface area contributed by atoms with E-state index in [1.807, 2.05) is 49.3 Å². The molecule has 0 amide bonds. The fraction of sp³-hybridized carbons (Fsp3) is 0.125. The summed E-state index contributed by atoms with van der Waals surface area (Å²) >= 11 is 12.0. The second-order valence-corrected chi connectivity index (χ2v) is 5.85. The molecule has 1 aromatic heterocycles. The first-order valence-corrected chi connectivity index (χ1v) is 7.46. The average molecular weight is 333 g/mol. The van der Waals surface area contributed by atoms with E-state index in [1.54, 1.807) is 12.1 Å². The first kappa shape index (κ1) is 14.9. The maximum Gasteiger partial charge on any atom is 0.229 e. The normalized spacial score (nSPS) is 10.7. The van der Waals surface area contributed by atoms with Gasteiger partial charge in [0.2, 0.25) is 5.95 Å². The molecular weight excluding hydrogens is 319 g/mol. The molecule has 0 spiro atoms. The summed E-state index contributed by atoms with van der Waals surface area (Å²) < 4.78 is 0. The standard InChI is InChI=1S/C16H14Cl2N4/c1-22(2)15-11-5-3-4-6-14(11)20-16(21-15)19-10-7-8-12(17)13(18)9-10/h3-9H,1-2H3,(H,19,20,21). The van der Waals surface area contributed by atoms with Gasteiger partial charge in [-0.25, -0.2) is 4.98 Å². The molecule has 1 N–H and O–H groups in total. The van der Waals surface area contributed by atoms with E-state index in [0.717, 1.165) is 22.4 Å². The van der Waals surface area contributed by atoms with Crippen LogP contribution in [0.15, 0.2) is 42.5 Å². The van der Waals surface area contributed by atoms with Crippen LogP contribution in [0.3, 0.4) is 0 Å². The van der Waals surface area contributed by atoms with Gasteiger partial charge in [0.15, 0.2) is 0 Å². The van der Waals surface area contributed by atoms with Crippen molar-refractivity contribution in [3.63, 3.8) is 0 Å². The second kappa shape index (κ2) is 5.99. The largest absolute Gasteiger partial charge is 0.362 e. The summed E-state index contributed by atoms with van der Waals surface area (Å²) in [6, 6.07) is 13.2. The third-order valence-electron chi connectivity index (χ3n) is 3.18. The Hall–Kier alpha value is -2.04. The van der Waals surface area contributed by atoms with Crippen molar-refractivity contribution in [3.8, 4) is 0 Å². The lowest BCUT2D eigenvalue weighted by Gasteiger charge is -2.16. The van der Waals surface area contributed by atoms with Gasteiger partial charge in [0.25, 0.3) is 0 Å². The molecule has 0 radical (unpaired) electrons. The fourth-order valence-electron chi connectivity index (χ4n) is 2.16. The van der Waals surface area contributed by atoms with Gasteiger partial charge >= 0.3 is 0 Å². The molecule has 3 aromatic rings. The van der Waals surface area contributed by atoms with Crippen LogP contribution in [0.2, 0.25) is 10.0 Å². The van der Waals surface area contributed by atoms with Crippen LogP contribution >= 0.6 is 23.2 Å². The van der Waals surface area contributed by atoms with Crippen molar-refractivity contribution in [3.05, 3.63) is 52.5 Å². The van der Waals surface area contributed by atoms with E-state index >= 15 is 0 Å². The maximum atomic E-state index is 6.04. The minimum Gasteiger partial charge on any atom is -0.362 e. The Morgan fingerprint density at radius 3 is 2.45 bits per heavy atom. The summed E-state index contributed by atoms with van der Waals surface area (Å²) in [5.74, 6) is 1.37. The van der Waals surface area contributed by atoms with Gasteiger partial charge in [-0.15, -0.1) is 0 Å². The number of nitrogens with zero attached hydrogens (tertiary/aromatic N) is 3. The molecule has 2 aromatic carbocycles. The van der Waals surface area contributed by atoms with Crippen LogP contribution in [-0.2, 0) is 0 Å². The first-order valence-electron chi connectivity index (χ1n) is 6.71. The summed E-state index contributed by atoms with van der Waals surface area (Å²) in [4.78, 5) is 11.1. The zero-order valence-electron chi connectivity index (χ0n) is 12.1. The van der Waals surface area contributed by atoms with E-state index in [2.05, 4.69) is 15.3 Å². The number of fused-ring (bicyclic) bond motifs is 1. The molecule has 0 aliphatic carbocycles. The van der Waals surface area contributed by atoms with Gasteiger partial charge in [-0.1, -0.05) is 35.3 Å². The SMILES string of the molecule is CN(C)c1nc(Nc2ccc(Cl)c(Cl)c2)nc2ccccc12. The lowest BCUT2D eigenvalue weighted by atomic mass is 10.2. The number of hydrogen-bond donors (Lipinski definition) is 1. The van der Waals surface area contributed by atoms with Gasteiger partial charge in [0, 0.05) is 25.2 Å². The smallest absolute Gasteiger partial charge is 0.229 e. The van der Waals surface area contributed by atoms with Gasteiger partial charge < -0.3 is 10.2 Å². The summed E-state index contributed by atoms with van der Waals surface area (Å²) in [7, 11) is 3.91. The number of halogens is 2. The monoisotopic (exact) mass is 332 g/mol. The van der Waals surface area contributed by atoms with Crippen LogP contribution in [0.1, 0.15) is 0 Å². The van der Waals surface area contributed by atoms with Crippen molar-refractivity contribution in [1.29, 1.82) is 0 Å². The van der Waals surface area contributed by atoms with E-state index in [-0.39, 0.29) is 0 Å². The molecule has 3 rings (SSSR count). The highest BCUT2D eigenvalue weighted by molar-refractivity contribution is 6.42. The molecule has 112 valence electrons.